The Kier molecular flexibility index (Phi) is 4.44. The lowest BCUT2D eigenvalue weighted by molar-refractivity contribution is -0.116. The van der Waals surface area contributed by atoms with Gasteiger partial charge in [0.15, 0.2) is 5.75 Å². The zero-order valence-corrected chi connectivity index (χ0v) is 16.9. The number of halogens is 1. The maximum atomic E-state index is 12.8. The van der Waals surface area contributed by atoms with E-state index in [1.807, 2.05) is 30.3 Å². The Labute approximate surface area is 165 Å². The number of amides is 1. The van der Waals surface area contributed by atoms with Gasteiger partial charge in [0, 0.05) is 19.2 Å². The molecule has 4 rings (SSSR count). The van der Waals surface area contributed by atoms with Crippen molar-refractivity contribution in [2.45, 2.75) is 18.2 Å². The Morgan fingerprint density at radius 1 is 1.11 bits per heavy atom. The van der Waals surface area contributed by atoms with Crippen LogP contribution in [0.3, 0.4) is 0 Å². The monoisotopic (exact) mass is 445 g/mol. The van der Waals surface area contributed by atoms with Gasteiger partial charge < -0.3 is 9.08 Å². The smallest absolute Gasteiger partial charge is 0.339 e. The van der Waals surface area contributed by atoms with Crippen molar-refractivity contribution in [1.82, 2.24) is 0 Å². The van der Waals surface area contributed by atoms with Crippen LogP contribution in [0.25, 0.3) is 10.8 Å². The second kappa shape index (κ2) is 6.65. The van der Waals surface area contributed by atoms with E-state index >= 15 is 0 Å². The first kappa shape index (κ1) is 18.0. The molecule has 0 saturated carbocycles. The number of nitrogens with zero attached hydrogens (tertiary/aromatic N) is 1. The molecule has 138 valence electrons. The number of carbonyl (C=O) groups excluding carboxylic acids is 1. The summed E-state index contributed by atoms with van der Waals surface area (Å²) in [5, 5.41) is 1.85. The third-order valence-corrected chi connectivity index (χ3v) is 6.69. The normalized spacial score (nSPS) is 13.6. The largest absolute Gasteiger partial charge is 0.378 e. The first-order chi connectivity index (χ1) is 12.9. The molecule has 7 heteroatoms. The molecule has 27 heavy (non-hydrogen) atoms. The van der Waals surface area contributed by atoms with Crippen molar-refractivity contribution in [2.75, 3.05) is 11.4 Å². The van der Waals surface area contributed by atoms with Gasteiger partial charge in [0.2, 0.25) is 5.91 Å². The molecular weight excluding hydrogens is 430 g/mol. The van der Waals surface area contributed by atoms with Crippen LogP contribution >= 0.6 is 15.9 Å². The van der Waals surface area contributed by atoms with Crippen LogP contribution in [-0.4, -0.2) is 20.9 Å². The fraction of sp³-hybridized carbons (Fsp3) is 0.150. The number of carbonyl (C=O) groups is 1. The Morgan fingerprint density at radius 3 is 2.67 bits per heavy atom. The molecule has 3 aromatic carbocycles. The summed E-state index contributed by atoms with van der Waals surface area (Å²) < 4.78 is 31.6. The van der Waals surface area contributed by atoms with Crippen molar-refractivity contribution in [3.05, 3.63) is 64.6 Å². The molecular formula is C20H16BrNO4S. The van der Waals surface area contributed by atoms with E-state index in [9.17, 15) is 13.2 Å². The van der Waals surface area contributed by atoms with Crippen LogP contribution in [0.5, 0.6) is 5.75 Å². The Balaban J connectivity index is 1.69. The fourth-order valence-electron chi connectivity index (χ4n) is 3.30. The molecule has 0 unspecified atom stereocenters. The minimum absolute atomic E-state index is 0.0549. The summed E-state index contributed by atoms with van der Waals surface area (Å²) in [4.78, 5) is 13.4. The van der Waals surface area contributed by atoms with Crippen LogP contribution in [0.4, 0.5) is 5.69 Å². The molecule has 5 nitrogen and oxygen atoms in total. The van der Waals surface area contributed by atoms with Crippen molar-refractivity contribution in [3.8, 4) is 5.75 Å². The predicted octanol–water partition coefficient (Wildman–Crippen LogP) is 4.28. The van der Waals surface area contributed by atoms with Crippen molar-refractivity contribution >= 4 is 48.4 Å². The van der Waals surface area contributed by atoms with Gasteiger partial charge in [0.05, 0.1) is 4.47 Å². The molecule has 0 N–H and O–H groups in total. The molecule has 1 aliphatic heterocycles. The molecule has 0 spiro atoms. The van der Waals surface area contributed by atoms with Gasteiger partial charge in [-0.25, -0.2) is 0 Å². The van der Waals surface area contributed by atoms with Crippen LogP contribution in [-0.2, 0) is 21.3 Å². The molecule has 1 amide bonds. The number of anilines is 1. The van der Waals surface area contributed by atoms with Gasteiger partial charge >= 0.3 is 10.1 Å². The highest BCUT2D eigenvalue weighted by atomic mass is 79.9. The van der Waals surface area contributed by atoms with Crippen molar-refractivity contribution in [3.63, 3.8) is 0 Å². The van der Waals surface area contributed by atoms with Gasteiger partial charge in [-0.3, -0.25) is 4.79 Å². The third-order valence-electron chi connectivity index (χ3n) is 4.64. The van der Waals surface area contributed by atoms with Gasteiger partial charge in [-0.05, 0) is 63.0 Å². The summed E-state index contributed by atoms with van der Waals surface area (Å²) in [6, 6.07) is 15.8. The predicted molar refractivity (Wildman–Crippen MR) is 108 cm³/mol. The van der Waals surface area contributed by atoms with E-state index in [4.69, 9.17) is 4.18 Å². The van der Waals surface area contributed by atoms with Crippen LogP contribution in [0, 0.1) is 0 Å². The molecule has 1 heterocycles. The van der Waals surface area contributed by atoms with Gasteiger partial charge in [-0.2, -0.15) is 8.42 Å². The minimum Gasteiger partial charge on any atom is -0.378 e. The summed E-state index contributed by atoms with van der Waals surface area (Å²) in [6.07, 6.45) is 0.623. The Morgan fingerprint density at radius 2 is 1.89 bits per heavy atom. The van der Waals surface area contributed by atoms with E-state index in [0.717, 1.165) is 22.0 Å². The Hall–Kier alpha value is -2.38. The number of rotatable bonds is 3. The molecule has 0 saturated heterocycles. The van der Waals surface area contributed by atoms with Gasteiger partial charge in [-0.1, -0.05) is 30.3 Å². The maximum absolute atomic E-state index is 12.8. The molecule has 0 atom stereocenters. The van der Waals surface area contributed by atoms with Crippen LogP contribution in [0.1, 0.15) is 12.5 Å². The molecule has 0 fully saturated rings. The van der Waals surface area contributed by atoms with Gasteiger partial charge in [0.1, 0.15) is 4.90 Å². The molecule has 1 aliphatic rings. The second-order valence-electron chi connectivity index (χ2n) is 6.35. The van der Waals surface area contributed by atoms with Crippen molar-refractivity contribution in [1.29, 1.82) is 0 Å². The number of hydrogen-bond donors (Lipinski definition) is 0. The summed E-state index contributed by atoms with van der Waals surface area (Å²) in [6.45, 7) is 2.06. The van der Waals surface area contributed by atoms with E-state index in [1.54, 1.807) is 23.1 Å². The standard InChI is InChI=1S/C20H16BrNO4S/c1-13(23)22-11-10-15-12-16(7-8-18(15)22)27(24,25)26-19-9-6-14-4-2-3-5-17(14)20(19)21/h2-9,12H,10-11H2,1H3. The lowest BCUT2D eigenvalue weighted by Crippen LogP contribution is -2.25. The third kappa shape index (κ3) is 3.21. The molecule has 0 bridgehead atoms. The van der Waals surface area contributed by atoms with E-state index in [0.29, 0.717) is 17.4 Å². The summed E-state index contributed by atoms with van der Waals surface area (Å²) in [7, 11) is -4.00. The number of benzene rings is 3. The first-order valence-corrected chi connectivity index (χ1v) is 10.6. The highest BCUT2D eigenvalue weighted by Crippen LogP contribution is 2.36. The van der Waals surface area contributed by atoms with Gasteiger partial charge in [0.25, 0.3) is 0 Å². The summed E-state index contributed by atoms with van der Waals surface area (Å²) in [5.41, 5.74) is 1.58. The van der Waals surface area contributed by atoms with E-state index in [-0.39, 0.29) is 16.6 Å². The van der Waals surface area contributed by atoms with Crippen LogP contribution in [0.2, 0.25) is 0 Å². The highest BCUT2D eigenvalue weighted by Gasteiger charge is 2.26. The van der Waals surface area contributed by atoms with Crippen molar-refractivity contribution in [2.24, 2.45) is 0 Å². The second-order valence-corrected chi connectivity index (χ2v) is 8.69. The Bertz CT molecular complexity index is 1170. The van der Waals surface area contributed by atoms with E-state index < -0.39 is 10.1 Å². The summed E-state index contributed by atoms with van der Waals surface area (Å²) >= 11 is 3.45. The average Bonchev–Trinajstić information content (AvgIpc) is 3.08. The number of fused-ring (bicyclic) bond motifs is 2. The molecule has 0 aromatic heterocycles. The van der Waals surface area contributed by atoms with Crippen molar-refractivity contribution < 1.29 is 17.4 Å². The van der Waals surface area contributed by atoms with E-state index in [2.05, 4.69) is 15.9 Å². The summed E-state index contributed by atoms with van der Waals surface area (Å²) in [5.74, 6) is 0.181. The van der Waals surface area contributed by atoms with Crippen LogP contribution < -0.4 is 9.08 Å². The molecule has 0 aliphatic carbocycles. The number of hydrogen-bond acceptors (Lipinski definition) is 4. The SMILES string of the molecule is CC(=O)N1CCc2cc(S(=O)(=O)Oc3ccc4ccccc4c3Br)ccc21. The first-order valence-electron chi connectivity index (χ1n) is 8.39. The zero-order valence-electron chi connectivity index (χ0n) is 14.5. The maximum Gasteiger partial charge on any atom is 0.339 e. The lowest BCUT2D eigenvalue weighted by atomic mass is 10.1. The van der Waals surface area contributed by atoms with E-state index in [1.165, 1.54) is 13.0 Å². The fourth-order valence-corrected chi connectivity index (χ4v) is 4.98. The minimum atomic E-state index is -4.00. The zero-order chi connectivity index (χ0) is 19.2. The lowest BCUT2D eigenvalue weighted by Gasteiger charge is -2.15. The van der Waals surface area contributed by atoms with Gasteiger partial charge in [-0.15, -0.1) is 0 Å². The molecule has 3 aromatic rings. The molecule has 0 radical (unpaired) electrons. The highest BCUT2D eigenvalue weighted by molar-refractivity contribution is 9.10. The average molecular weight is 446 g/mol. The quantitative estimate of drug-likeness (QED) is 0.564. The van der Waals surface area contributed by atoms with Crippen LogP contribution in [0.15, 0.2) is 64.0 Å². The topological polar surface area (TPSA) is 63.7 Å².